The molecule has 0 heterocycles. The number of aliphatic hydroxyl groups is 1. The van der Waals surface area contributed by atoms with Crippen LogP contribution in [-0.2, 0) is 4.79 Å². The quantitative estimate of drug-likeness (QED) is 0.702. The molecular weight excluding hydrogens is 168 g/mol. The van der Waals surface area contributed by atoms with E-state index in [2.05, 4.69) is 13.8 Å². The van der Waals surface area contributed by atoms with Gasteiger partial charge in [-0.25, -0.2) is 0 Å². The van der Waals surface area contributed by atoms with Crippen molar-refractivity contribution in [3.8, 4) is 0 Å². The van der Waals surface area contributed by atoms with Gasteiger partial charge in [-0.2, -0.15) is 0 Å². The predicted octanol–water partition coefficient (Wildman–Crippen LogP) is 1.51. The predicted molar refractivity (Wildman–Crippen MR) is 49.3 cm³/mol. The van der Waals surface area contributed by atoms with Crippen LogP contribution in [0.4, 0.5) is 0 Å². The van der Waals surface area contributed by atoms with Gasteiger partial charge in [-0.1, -0.05) is 13.8 Å². The Labute approximate surface area is 78.8 Å². The molecule has 1 aliphatic rings. The third kappa shape index (κ3) is 2.02. The van der Waals surface area contributed by atoms with Gasteiger partial charge in [0.1, 0.15) is 0 Å². The highest BCUT2D eigenvalue weighted by atomic mass is 16.4. The highest BCUT2D eigenvalue weighted by Crippen LogP contribution is 2.48. The van der Waals surface area contributed by atoms with Crippen LogP contribution in [0.25, 0.3) is 0 Å². The number of carboxylic acid groups (broad SMARTS) is 1. The summed E-state index contributed by atoms with van der Waals surface area (Å²) in [6, 6.07) is 0. The number of carboxylic acids is 1. The van der Waals surface area contributed by atoms with Crippen molar-refractivity contribution < 1.29 is 15.0 Å². The molecule has 76 valence electrons. The molecule has 0 saturated heterocycles. The number of carbonyl (C=O) groups is 1. The number of aliphatic hydroxyl groups excluding tert-OH is 1. The molecule has 0 radical (unpaired) electrons. The molecule has 0 aromatic rings. The van der Waals surface area contributed by atoms with Crippen LogP contribution in [0.1, 0.15) is 33.1 Å². The summed E-state index contributed by atoms with van der Waals surface area (Å²) in [4.78, 5) is 10.6. The van der Waals surface area contributed by atoms with Crippen LogP contribution in [0.3, 0.4) is 0 Å². The molecule has 0 aliphatic heterocycles. The summed E-state index contributed by atoms with van der Waals surface area (Å²) in [5, 5.41) is 17.8. The van der Waals surface area contributed by atoms with Crippen LogP contribution in [0.5, 0.6) is 0 Å². The minimum Gasteiger partial charge on any atom is -0.481 e. The Morgan fingerprint density at radius 1 is 1.38 bits per heavy atom. The largest absolute Gasteiger partial charge is 0.481 e. The number of hydrogen-bond acceptors (Lipinski definition) is 2. The summed E-state index contributed by atoms with van der Waals surface area (Å²) >= 11 is 0. The van der Waals surface area contributed by atoms with Crippen LogP contribution < -0.4 is 0 Å². The maximum atomic E-state index is 10.6. The molecule has 3 nitrogen and oxygen atoms in total. The molecule has 0 amide bonds. The second-order valence-electron chi connectivity index (χ2n) is 4.57. The monoisotopic (exact) mass is 186 g/mol. The molecule has 1 fully saturated rings. The standard InChI is InChI=1S/C10H18O3/c1-10(2)7(5-9(12)13)3-4-8(10)6-11/h7-8,11H,3-6H2,1-2H3,(H,12,13)/t7-,8-/m1/s1. The van der Waals surface area contributed by atoms with Crippen molar-refractivity contribution in [1.82, 2.24) is 0 Å². The maximum Gasteiger partial charge on any atom is 0.303 e. The van der Waals surface area contributed by atoms with Crippen LogP contribution in [0.2, 0.25) is 0 Å². The van der Waals surface area contributed by atoms with E-state index in [1.165, 1.54) is 0 Å². The van der Waals surface area contributed by atoms with Gasteiger partial charge < -0.3 is 10.2 Å². The lowest BCUT2D eigenvalue weighted by Crippen LogP contribution is -2.28. The topological polar surface area (TPSA) is 57.5 Å². The Bertz CT molecular complexity index is 198. The molecule has 2 N–H and O–H groups in total. The van der Waals surface area contributed by atoms with Crippen LogP contribution in [-0.4, -0.2) is 22.8 Å². The van der Waals surface area contributed by atoms with E-state index < -0.39 is 5.97 Å². The third-order valence-corrected chi connectivity index (χ3v) is 3.61. The molecule has 2 atom stereocenters. The maximum absolute atomic E-state index is 10.6. The molecule has 0 aromatic carbocycles. The zero-order valence-corrected chi connectivity index (χ0v) is 8.29. The SMILES string of the molecule is CC1(C)[C@@H](CC(=O)O)CC[C@@H]1CO. The molecular formula is C10H18O3. The fourth-order valence-electron chi connectivity index (χ4n) is 2.38. The van der Waals surface area contributed by atoms with Gasteiger partial charge >= 0.3 is 5.97 Å². The summed E-state index contributed by atoms with van der Waals surface area (Å²) in [6.07, 6.45) is 2.13. The van der Waals surface area contributed by atoms with E-state index in [1.54, 1.807) is 0 Å². The van der Waals surface area contributed by atoms with Crippen molar-refractivity contribution in [1.29, 1.82) is 0 Å². The number of rotatable bonds is 3. The first-order valence-electron chi connectivity index (χ1n) is 4.81. The van der Waals surface area contributed by atoms with Crippen molar-refractivity contribution in [3.05, 3.63) is 0 Å². The van der Waals surface area contributed by atoms with Gasteiger partial charge in [-0.05, 0) is 30.1 Å². The smallest absolute Gasteiger partial charge is 0.303 e. The average Bonchev–Trinajstić information content (AvgIpc) is 2.26. The number of hydrogen-bond donors (Lipinski definition) is 2. The highest BCUT2D eigenvalue weighted by molar-refractivity contribution is 5.67. The average molecular weight is 186 g/mol. The molecule has 13 heavy (non-hydrogen) atoms. The highest BCUT2D eigenvalue weighted by Gasteiger charge is 2.43. The van der Waals surface area contributed by atoms with E-state index >= 15 is 0 Å². The van der Waals surface area contributed by atoms with E-state index in [0.29, 0.717) is 0 Å². The molecule has 0 aromatic heterocycles. The lowest BCUT2D eigenvalue weighted by Gasteiger charge is -2.31. The van der Waals surface area contributed by atoms with Crippen molar-refractivity contribution in [2.24, 2.45) is 17.3 Å². The second kappa shape index (κ2) is 3.66. The Morgan fingerprint density at radius 3 is 2.31 bits per heavy atom. The molecule has 1 aliphatic carbocycles. The Morgan fingerprint density at radius 2 is 1.92 bits per heavy atom. The van der Waals surface area contributed by atoms with E-state index in [-0.39, 0.29) is 30.3 Å². The molecule has 1 rings (SSSR count). The van der Waals surface area contributed by atoms with E-state index in [9.17, 15) is 4.79 Å². The lowest BCUT2D eigenvalue weighted by atomic mass is 9.74. The fourth-order valence-corrected chi connectivity index (χ4v) is 2.38. The van der Waals surface area contributed by atoms with Crippen molar-refractivity contribution in [3.63, 3.8) is 0 Å². The summed E-state index contributed by atoms with van der Waals surface area (Å²) in [5.74, 6) is -0.226. The van der Waals surface area contributed by atoms with Crippen molar-refractivity contribution >= 4 is 5.97 Å². The van der Waals surface area contributed by atoms with Crippen molar-refractivity contribution in [2.75, 3.05) is 6.61 Å². The van der Waals surface area contributed by atoms with Gasteiger partial charge in [0.05, 0.1) is 0 Å². The van der Waals surface area contributed by atoms with Gasteiger partial charge in [0, 0.05) is 13.0 Å². The van der Waals surface area contributed by atoms with E-state index in [0.717, 1.165) is 12.8 Å². The van der Waals surface area contributed by atoms with Gasteiger partial charge in [-0.15, -0.1) is 0 Å². The first-order valence-corrected chi connectivity index (χ1v) is 4.81. The lowest BCUT2D eigenvalue weighted by molar-refractivity contribution is -0.139. The van der Waals surface area contributed by atoms with Crippen LogP contribution in [0.15, 0.2) is 0 Å². The fraction of sp³-hybridized carbons (Fsp3) is 0.900. The third-order valence-electron chi connectivity index (χ3n) is 3.61. The molecule has 3 heteroatoms. The van der Waals surface area contributed by atoms with E-state index in [1.807, 2.05) is 0 Å². The molecule has 0 unspecified atom stereocenters. The van der Waals surface area contributed by atoms with Gasteiger partial charge in [0.25, 0.3) is 0 Å². The summed E-state index contributed by atoms with van der Waals surface area (Å²) < 4.78 is 0. The summed E-state index contributed by atoms with van der Waals surface area (Å²) in [7, 11) is 0. The van der Waals surface area contributed by atoms with Gasteiger partial charge in [-0.3, -0.25) is 4.79 Å². The Balaban J connectivity index is 2.64. The van der Waals surface area contributed by atoms with Gasteiger partial charge in [0.2, 0.25) is 0 Å². The molecule has 0 bridgehead atoms. The minimum absolute atomic E-state index is 0.0207. The van der Waals surface area contributed by atoms with Crippen molar-refractivity contribution in [2.45, 2.75) is 33.1 Å². The van der Waals surface area contributed by atoms with E-state index in [4.69, 9.17) is 10.2 Å². The zero-order valence-electron chi connectivity index (χ0n) is 8.29. The number of aliphatic carboxylic acids is 1. The first-order chi connectivity index (χ1) is 5.98. The molecule has 1 saturated carbocycles. The Hall–Kier alpha value is -0.570. The Kier molecular flexibility index (Phi) is 2.96. The second-order valence-corrected chi connectivity index (χ2v) is 4.57. The zero-order chi connectivity index (χ0) is 10.1. The summed E-state index contributed by atoms with van der Waals surface area (Å²) in [5.41, 5.74) is -0.0207. The minimum atomic E-state index is -0.725. The first kappa shape index (κ1) is 10.5. The van der Waals surface area contributed by atoms with Crippen LogP contribution in [0, 0.1) is 17.3 Å². The molecule has 0 spiro atoms. The van der Waals surface area contributed by atoms with Gasteiger partial charge in [0.15, 0.2) is 0 Å². The normalized spacial score (nSPS) is 31.9. The van der Waals surface area contributed by atoms with Crippen LogP contribution >= 0.6 is 0 Å². The summed E-state index contributed by atoms with van der Waals surface area (Å²) in [6.45, 7) is 4.31.